The van der Waals surface area contributed by atoms with Gasteiger partial charge in [0.15, 0.2) is 6.61 Å². The topological polar surface area (TPSA) is 88.5 Å². The predicted molar refractivity (Wildman–Crippen MR) is 141 cm³/mol. The van der Waals surface area contributed by atoms with E-state index < -0.39 is 5.97 Å². The summed E-state index contributed by atoms with van der Waals surface area (Å²) in [7, 11) is 0. The fourth-order valence-corrected chi connectivity index (χ4v) is 5.36. The zero-order chi connectivity index (χ0) is 24.9. The lowest BCUT2D eigenvalue weighted by molar-refractivity contribution is -0.125. The van der Waals surface area contributed by atoms with Gasteiger partial charge < -0.3 is 15.2 Å². The Morgan fingerprint density at radius 3 is 2.47 bits per heavy atom. The lowest BCUT2D eigenvalue weighted by Gasteiger charge is -2.21. The molecule has 36 heavy (non-hydrogen) atoms. The number of nitrogens with zero attached hydrogens (tertiary/aromatic N) is 1. The van der Waals surface area contributed by atoms with E-state index in [0.29, 0.717) is 12.0 Å². The maximum Gasteiger partial charge on any atom is 0.339 e. The van der Waals surface area contributed by atoms with Crippen LogP contribution in [0.4, 0.5) is 0 Å². The Hall–Kier alpha value is -3.67. The number of esters is 1. The molecule has 0 saturated heterocycles. The number of phenolic OH excluding ortho intramolecular Hbond substituents is 1. The highest BCUT2D eigenvalue weighted by atomic mass is 16.5. The van der Waals surface area contributed by atoms with Gasteiger partial charge in [0.05, 0.1) is 16.8 Å². The second-order valence-corrected chi connectivity index (χ2v) is 9.78. The lowest BCUT2D eigenvalue weighted by Crippen LogP contribution is -2.38. The number of benzene rings is 2. The van der Waals surface area contributed by atoms with Crippen molar-refractivity contribution in [1.82, 2.24) is 10.3 Å². The van der Waals surface area contributed by atoms with Crippen molar-refractivity contribution in [3.8, 4) is 5.75 Å². The molecule has 0 unspecified atom stereocenters. The van der Waals surface area contributed by atoms with Gasteiger partial charge >= 0.3 is 5.97 Å². The number of aromatic hydroxyl groups is 1. The SMILES string of the molecule is O=C(COC(=O)c1c2c(nc3ccccc13)/C(=C/c1ccc(O)cc1)CC2)NC1CCCCCCC1. The van der Waals surface area contributed by atoms with E-state index in [4.69, 9.17) is 9.72 Å². The third kappa shape index (κ3) is 5.43. The molecule has 1 heterocycles. The van der Waals surface area contributed by atoms with Crippen LogP contribution in [0.1, 0.15) is 78.5 Å². The molecule has 2 aliphatic carbocycles. The Balaban J connectivity index is 1.37. The Bertz CT molecular complexity index is 1290. The molecule has 0 aliphatic heterocycles. The van der Waals surface area contributed by atoms with Crippen molar-refractivity contribution in [1.29, 1.82) is 0 Å². The molecular weight excluding hydrogens is 452 g/mol. The van der Waals surface area contributed by atoms with Gasteiger partial charge in [-0.15, -0.1) is 0 Å². The monoisotopic (exact) mass is 484 g/mol. The van der Waals surface area contributed by atoms with E-state index in [1.807, 2.05) is 42.5 Å². The first kappa shape index (κ1) is 24.0. The molecule has 2 N–H and O–H groups in total. The second-order valence-electron chi connectivity index (χ2n) is 9.78. The third-order valence-electron chi connectivity index (χ3n) is 7.18. The van der Waals surface area contributed by atoms with Crippen molar-refractivity contribution in [3.05, 3.63) is 70.9 Å². The van der Waals surface area contributed by atoms with Crippen molar-refractivity contribution in [3.63, 3.8) is 0 Å². The fourth-order valence-electron chi connectivity index (χ4n) is 5.36. The van der Waals surface area contributed by atoms with E-state index in [1.54, 1.807) is 12.1 Å². The molecule has 5 rings (SSSR count). The van der Waals surface area contributed by atoms with Crippen LogP contribution < -0.4 is 5.32 Å². The van der Waals surface area contributed by atoms with Crippen molar-refractivity contribution in [2.75, 3.05) is 6.61 Å². The summed E-state index contributed by atoms with van der Waals surface area (Å²) in [5.74, 6) is -0.503. The highest BCUT2D eigenvalue weighted by Gasteiger charge is 2.28. The quantitative estimate of drug-likeness (QED) is 0.446. The van der Waals surface area contributed by atoms with Crippen LogP contribution in [0.2, 0.25) is 0 Å². The van der Waals surface area contributed by atoms with Crippen LogP contribution in [-0.4, -0.2) is 34.6 Å². The van der Waals surface area contributed by atoms with Gasteiger partial charge in [0.2, 0.25) is 0 Å². The van der Waals surface area contributed by atoms with Crippen LogP contribution >= 0.6 is 0 Å². The first-order valence-electron chi connectivity index (χ1n) is 13.0. The highest BCUT2D eigenvalue weighted by molar-refractivity contribution is 6.07. The number of allylic oxidation sites excluding steroid dienone is 1. The molecule has 2 aromatic carbocycles. The van der Waals surface area contributed by atoms with Crippen LogP contribution in [0.15, 0.2) is 48.5 Å². The molecule has 0 bridgehead atoms. The number of fused-ring (bicyclic) bond motifs is 2. The van der Waals surface area contributed by atoms with Gasteiger partial charge in [-0.1, -0.05) is 62.4 Å². The Labute approximate surface area is 211 Å². The minimum absolute atomic E-state index is 0.162. The maximum absolute atomic E-state index is 13.3. The minimum atomic E-state index is -0.483. The number of carbonyl (C=O) groups excluding carboxylic acids is 2. The maximum atomic E-state index is 13.3. The normalized spacial score (nSPS) is 17.4. The molecule has 1 aromatic heterocycles. The number of rotatable bonds is 5. The van der Waals surface area contributed by atoms with Gasteiger partial charge in [0.1, 0.15) is 5.75 Å². The van der Waals surface area contributed by atoms with Crippen LogP contribution in [0.3, 0.4) is 0 Å². The molecule has 186 valence electrons. The molecule has 1 amide bonds. The molecule has 1 fully saturated rings. The average molecular weight is 485 g/mol. The van der Waals surface area contributed by atoms with Crippen molar-refractivity contribution in [2.24, 2.45) is 0 Å². The molecular formula is C30H32N2O4. The molecule has 6 nitrogen and oxygen atoms in total. The van der Waals surface area contributed by atoms with E-state index >= 15 is 0 Å². The average Bonchev–Trinajstić information content (AvgIpc) is 3.26. The van der Waals surface area contributed by atoms with E-state index in [-0.39, 0.29) is 24.3 Å². The van der Waals surface area contributed by atoms with Crippen LogP contribution in [0.25, 0.3) is 22.6 Å². The molecule has 2 aliphatic rings. The van der Waals surface area contributed by atoms with Gasteiger partial charge in [-0.05, 0) is 66.7 Å². The van der Waals surface area contributed by atoms with E-state index in [9.17, 15) is 14.7 Å². The van der Waals surface area contributed by atoms with Crippen molar-refractivity contribution in [2.45, 2.75) is 63.8 Å². The van der Waals surface area contributed by atoms with Gasteiger partial charge in [-0.25, -0.2) is 9.78 Å². The molecule has 0 radical (unpaired) electrons. The van der Waals surface area contributed by atoms with Crippen LogP contribution in [0.5, 0.6) is 5.75 Å². The largest absolute Gasteiger partial charge is 0.508 e. The predicted octanol–water partition coefficient (Wildman–Crippen LogP) is 5.81. The van der Waals surface area contributed by atoms with Gasteiger partial charge in [0.25, 0.3) is 5.91 Å². The molecule has 0 spiro atoms. The number of pyridine rings is 1. The summed E-state index contributed by atoms with van der Waals surface area (Å²) in [5, 5.41) is 13.4. The Morgan fingerprint density at radius 2 is 1.69 bits per heavy atom. The second kappa shape index (κ2) is 10.9. The summed E-state index contributed by atoms with van der Waals surface area (Å²) in [4.78, 5) is 30.8. The number of carbonyl (C=O) groups is 2. The number of hydrogen-bond acceptors (Lipinski definition) is 5. The summed E-state index contributed by atoms with van der Waals surface area (Å²) in [6.07, 6.45) is 11.4. The van der Waals surface area contributed by atoms with Gasteiger partial charge in [0, 0.05) is 11.4 Å². The van der Waals surface area contributed by atoms with E-state index in [2.05, 4.69) is 5.32 Å². The summed E-state index contributed by atoms with van der Waals surface area (Å²) >= 11 is 0. The first-order chi connectivity index (χ1) is 17.6. The summed E-state index contributed by atoms with van der Waals surface area (Å²) in [6, 6.07) is 14.7. The number of nitrogens with one attached hydrogen (secondary N) is 1. The number of ether oxygens (including phenoxy) is 1. The number of hydrogen-bond donors (Lipinski definition) is 2. The summed E-state index contributed by atoms with van der Waals surface area (Å²) in [6.45, 7) is -0.281. The zero-order valence-electron chi connectivity index (χ0n) is 20.5. The first-order valence-corrected chi connectivity index (χ1v) is 13.0. The third-order valence-corrected chi connectivity index (χ3v) is 7.18. The smallest absolute Gasteiger partial charge is 0.339 e. The lowest BCUT2D eigenvalue weighted by atomic mass is 9.97. The van der Waals surface area contributed by atoms with Gasteiger partial charge in [-0.2, -0.15) is 0 Å². The standard InChI is InChI=1S/C30H32N2O4/c33-23-15-12-20(13-16-23)18-21-14-17-25-28(24-10-6-7-11-26(24)32-29(21)25)30(35)36-19-27(34)31-22-8-4-2-1-3-5-9-22/h6-7,10-13,15-16,18,22,33H,1-5,8-9,14,17,19H2,(H,31,34)/b21-18+. The van der Waals surface area contributed by atoms with E-state index in [1.165, 1.54) is 19.3 Å². The molecule has 0 atom stereocenters. The van der Waals surface area contributed by atoms with Gasteiger partial charge in [-0.3, -0.25) is 4.79 Å². The van der Waals surface area contributed by atoms with E-state index in [0.717, 1.165) is 65.4 Å². The number of amides is 1. The zero-order valence-corrected chi connectivity index (χ0v) is 20.5. The molecule has 3 aromatic rings. The van der Waals surface area contributed by atoms with Crippen LogP contribution in [-0.2, 0) is 16.0 Å². The van der Waals surface area contributed by atoms with Crippen molar-refractivity contribution >= 4 is 34.4 Å². The highest BCUT2D eigenvalue weighted by Crippen LogP contribution is 2.38. The number of para-hydroxylation sites is 1. The molecule has 6 heteroatoms. The summed E-state index contributed by atoms with van der Waals surface area (Å²) < 4.78 is 5.56. The molecule has 1 saturated carbocycles. The van der Waals surface area contributed by atoms with Crippen molar-refractivity contribution < 1.29 is 19.4 Å². The number of aromatic nitrogens is 1. The van der Waals surface area contributed by atoms with Crippen LogP contribution in [0, 0.1) is 0 Å². The number of phenols is 1. The minimum Gasteiger partial charge on any atom is -0.508 e. The Morgan fingerprint density at radius 1 is 0.972 bits per heavy atom. The summed E-state index contributed by atoms with van der Waals surface area (Å²) in [5.41, 5.74) is 4.89. The Kier molecular flexibility index (Phi) is 7.31. The fraction of sp³-hybridized carbons (Fsp3) is 0.367.